The number of rotatable bonds is 6. The number of carboxylic acid groups (broad SMARTS) is 1. The fourth-order valence-corrected chi connectivity index (χ4v) is 2.80. The number of benzene rings is 2. The predicted octanol–water partition coefficient (Wildman–Crippen LogP) is 3.20. The van der Waals surface area contributed by atoms with Crippen molar-refractivity contribution in [3.05, 3.63) is 59.7 Å². The monoisotopic (exact) mass is 325 g/mol. The van der Waals surface area contributed by atoms with Crippen molar-refractivity contribution in [2.45, 2.75) is 19.3 Å². The maximum absolute atomic E-state index is 12.4. The van der Waals surface area contributed by atoms with Crippen molar-refractivity contribution in [1.82, 2.24) is 0 Å². The molecule has 5 heteroatoms. The maximum Gasteiger partial charge on any atom is 0.341 e. The molecule has 0 bridgehead atoms. The van der Waals surface area contributed by atoms with E-state index in [1.54, 1.807) is 24.3 Å². The lowest BCUT2D eigenvalue weighted by Crippen LogP contribution is -2.15. The number of ether oxygens (including phenoxy) is 1. The maximum atomic E-state index is 12.4. The zero-order chi connectivity index (χ0) is 17.1. The second-order valence-corrected chi connectivity index (χ2v) is 6.06. The molecule has 1 fully saturated rings. The molecule has 2 aromatic rings. The lowest BCUT2D eigenvalue weighted by Gasteiger charge is -2.08. The summed E-state index contributed by atoms with van der Waals surface area (Å²) in [5, 5.41) is 11.5. The standard InChI is InChI=1S/C19H19NO4/c1-12-4-2-5-13(8-12)16-10-17(16)19(23)20-14-6-3-7-15(9-14)24-11-18(21)22/h2-9,16-17H,10-11H2,1H3,(H,20,23)(H,21,22)/t16-,17+/m0/s1. The highest BCUT2D eigenvalue weighted by molar-refractivity contribution is 5.95. The zero-order valence-corrected chi connectivity index (χ0v) is 13.4. The second-order valence-electron chi connectivity index (χ2n) is 6.06. The molecule has 0 heterocycles. The lowest BCUT2D eigenvalue weighted by molar-refractivity contribution is -0.139. The number of anilines is 1. The molecular weight excluding hydrogens is 306 g/mol. The van der Waals surface area contributed by atoms with Gasteiger partial charge in [0.1, 0.15) is 5.75 Å². The minimum absolute atomic E-state index is 0.0168. The minimum Gasteiger partial charge on any atom is -0.482 e. The molecule has 0 spiro atoms. The Balaban J connectivity index is 1.60. The van der Waals surface area contributed by atoms with E-state index in [0.717, 1.165) is 6.42 Å². The molecule has 1 aliphatic carbocycles. The van der Waals surface area contributed by atoms with Crippen molar-refractivity contribution in [2.24, 2.45) is 5.92 Å². The fourth-order valence-electron chi connectivity index (χ4n) is 2.80. The molecule has 0 radical (unpaired) electrons. The van der Waals surface area contributed by atoms with Gasteiger partial charge < -0.3 is 15.2 Å². The summed E-state index contributed by atoms with van der Waals surface area (Å²) in [5.41, 5.74) is 3.01. The highest BCUT2D eigenvalue weighted by Gasteiger charge is 2.43. The molecule has 1 aliphatic rings. The highest BCUT2D eigenvalue weighted by atomic mass is 16.5. The molecule has 3 rings (SSSR count). The zero-order valence-electron chi connectivity index (χ0n) is 13.4. The predicted molar refractivity (Wildman–Crippen MR) is 90.2 cm³/mol. The van der Waals surface area contributed by atoms with Crippen LogP contribution in [0.3, 0.4) is 0 Å². The number of carbonyl (C=O) groups excluding carboxylic acids is 1. The highest BCUT2D eigenvalue weighted by Crippen LogP contribution is 2.48. The van der Waals surface area contributed by atoms with Gasteiger partial charge in [-0.3, -0.25) is 4.79 Å². The van der Waals surface area contributed by atoms with E-state index in [-0.39, 0.29) is 17.7 Å². The van der Waals surface area contributed by atoms with Crippen LogP contribution in [0.1, 0.15) is 23.5 Å². The summed E-state index contributed by atoms with van der Waals surface area (Å²) >= 11 is 0. The van der Waals surface area contributed by atoms with Crippen LogP contribution in [-0.2, 0) is 9.59 Å². The van der Waals surface area contributed by atoms with E-state index in [2.05, 4.69) is 17.4 Å². The van der Waals surface area contributed by atoms with Gasteiger partial charge in [-0.05, 0) is 37.0 Å². The summed E-state index contributed by atoms with van der Waals surface area (Å²) in [6, 6.07) is 15.0. The van der Waals surface area contributed by atoms with Crippen LogP contribution in [0.15, 0.2) is 48.5 Å². The van der Waals surface area contributed by atoms with Crippen molar-refractivity contribution in [2.75, 3.05) is 11.9 Å². The third kappa shape index (κ3) is 3.93. The number of aryl methyl sites for hydroxylation is 1. The van der Waals surface area contributed by atoms with Gasteiger partial charge in [-0.1, -0.05) is 35.9 Å². The summed E-state index contributed by atoms with van der Waals surface area (Å²) < 4.78 is 5.12. The average Bonchev–Trinajstić information content (AvgIpc) is 3.34. The Morgan fingerprint density at radius 3 is 2.75 bits per heavy atom. The molecule has 0 saturated heterocycles. The van der Waals surface area contributed by atoms with Crippen LogP contribution in [0.4, 0.5) is 5.69 Å². The molecule has 0 unspecified atom stereocenters. The summed E-state index contributed by atoms with van der Waals surface area (Å²) in [7, 11) is 0. The molecule has 24 heavy (non-hydrogen) atoms. The van der Waals surface area contributed by atoms with Gasteiger partial charge in [0.15, 0.2) is 6.61 Å². The number of carboxylic acids is 1. The van der Waals surface area contributed by atoms with Gasteiger partial charge in [0, 0.05) is 17.7 Å². The second kappa shape index (κ2) is 6.74. The molecule has 124 valence electrons. The van der Waals surface area contributed by atoms with Gasteiger partial charge >= 0.3 is 5.97 Å². The molecule has 1 amide bonds. The van der Waals surface area contributed by atoms with Gasteiger partial charge in [-0.25, -0.2) is 4.79 Å². The summed E-state index contributed by atoms with van der Waals surface area (Å²) in [4.78, 5) is 22.9. The lowest BCUT2D eigenvalue weighted by atomic mass is 10.1. The smallest absolute Gasteiger partial charge is 0.341 e. The van der Waals surface area contributed by atoms with E-state index >= 15 is 0 Å². The fraction of sp³-hybridized carbons (Fsp3) is 0.263. The van der Waals surface area contributed by atoms with Crippen LogP contribution >= 0.6 is 0 Å². The first-order valence-corrected chi connectivity index (χ1v) is 7.85. The van der Waals surface area contributed by atoms with Crippen LogP contribution in [-0.4, -0.2) is 23.6 Å². The van der Waals surface area contributed by atoms with Crippen molar-refractivity contribution in [1.29, 1.82) is 0 Å². The molecule has 0 aromatic heterocycles. The third-order valence-electron chi connectivity index (χ3n) is 4.06. The van der Waals surface area contributed by atoms with Gasteiger partial charge in [-0.2, -0.15) is 0 Å². The molecular formula is C19H19NO4. The Bertz CT molecular complexity index is 771. The Morgan fingerprint density at radius 2 is 2.00 bits per heavy atom. The van der Waals surface area contributed by atoms with Gasteiger partial charge in [0.05, 0.1) is 0 Å². The van der Waals surface area contributed by atoms with E-state index in [9.17, 15) is 9.59 Å². The van der Waals surface area contributed by atoms with E-state index in [1.165, 1.54) is 11.1 Å². The SMILES string of the molecule is Cc1cccc([C@@H]2C[C@H]2C(=O)Nc2cccc(OCC(=O)O)c2)c1. The van der Waals surface area contributed by atoms with Gasteiger partial charge in [0.25, 0.3) is 0 Å². The van der Waals surface area contributed by atoms with Crippen LogP contribution < -0.4 is 10.1 Å². The topological polar surface area (TPSA) is 75.6 Å². The summed E-state index contributed by atoms with van der Waals surface area (Å²) in [5.74, 6) is -0.381. The van der Waals surface area contributed by atoms with Gasteiger partial charge in [0.2, 0.25) is 5.91 Å². The Labute approximate surface area is 140 Å². The van der Waals surface area contributed by atoms with Crippen LogP contribution in [0.5, 0.6) is 5.75 Å². The van der Waals surface area contributed by atoms with E-state index < -0.39 is 12.6 Å². The molecule has 0 aliphatic heterocycles. The number of nitrogens with one attached hydrogen (secondary N) is 1. The van der Waals surface area contributed by atoms with Gasteiger partial charge in [-0.15, -0.1) is 0 Å². The Hall–Kier alpha value is -2.82. The first kappa shape index (κ1) is 16.1. The van der Waals surface area contributed by atoms with Crippen molar-refractivity contribution >= 4 is 17.6 Å². The van der Waals surface area contributed by atoms with E-state index in [0.29, 0.717) is 11.4 Å². The Morgan fingerprint density at radius 1 is 1.21 bits per heavy atom. The average molecular weight is 325 g/mol. The first-order valence-electron chi connectivity index (χ1n) is 7.85. The molecule has 5 nitrogen and oxygen atoms in total. The van der Waals surface area contributed by atoms with E-state index in [1.807, 2.05) is 19.1 Å². The minimum atomic E-state index is -1.04. The van der Waals surface area contributed by atoms with Crippen LogP contribution in [0, 0.1) is 12.8 Å². The van der Waals surface area contributed by atoms with Crippen molar-refractivity contribution in [3.63, 3.8) is 0 Å². The first-order chi connectivity index (χ1) is 11.5. The molecule has 1 saturated carbocycles. The number of carbonyl (C=O) groups is 2. The quantitative estimate of drug-likeness (QED) is 0.855. The van der Waals surface area contributed by atoms with Crippen molar-refractivity contribution in [3.8, 4) is 5.75 Å². The largest absolute Gasteiger partial charge is 0.482 e. The number of amides is 1. The number of aliphatic carboxylic acids is 1. The van der Waals surface area contributed by atoms with Crippen LogP contribution in [0.25, 0.3) is 0 Å². The molecule has 2 N–H and O–H groups in total. The summed E-state index contributed by atoms with van der Waals surface area (Å²) in [6.07, 6.45) is 0.852. The summed E-state index contributed by atoms with van der Waals surface area (Å²) in [6.45, 7) is 1.64. The van der Waals surface area contributed by atoms with E-state index in [4.69, 9.17) is 9.84 Å². The van der Waals surface area contributed by atoms with Crippen LogP contribution in [0.2, 0.25) is 0 Å². The normalized spacial score (nSPS) is 18.7. The molecule has 2 atom stereocenters. The number of hydrogen-bond acceptors (Lipinski definition) is 3. The number of hydrogen-bond donors (Lipinski definition) is 2. The van der Waals surface area contributed by atoms with Crippen molar-refractivity contribution < 1.29 is 19.4 Å². The Kier molecular flexibility index (Phi) is 4.51. The third-order valence-corrected chi connectivity index (χ3v) is 4.06. The molecule has 2 aromatic carbocycles.